The Kier molecular flexibility index (Phi) is 3.72. The molecule has 0 fully saturated rings. The smallest absolute Gasteiger partial charge is 0.240 e. The number of hydrogen-bond acceptors (Lipinski definition) is 6. The summed E-state index contributed by atoms with van der Waals surface area (Å²) in [5.41, 5.74) is 6.76. The van der Waals surface area contributed by atoms with E-state index >= 15 is 0 Å². The van der Waals surface area contributed by atoms with Crippen LogP contribution in [0.15, 0.2) is 39.9 Å². The lowest BCUT2D eigenvalue weighted by atomic mass is 10.2. The molecule has 102 valence electrons. The van der Waals surface area contributed by atoms with Crippen LogP contribution in [0, 0.1) is 0 Å². The normalized spacial score (nSPS) is 11.4. The minimum atomic E-state index is -3.49. The van der Waals surface area contributed by atoms with Crippen LogP contribution in [0.3, 0.4) is 0 Å². The Balaban J connectivity index is 2.22. The van der Waals surface area contributed by atoms with E-state index in [0.29, 0.717) is 23.7 Å². The maximum Gasteiger partial charge on any atom is 0.240 e. The van der Waals surface area contributed by atoms with E-state index in [-0.39, 0.29) is 4.90 Å². The van der Waals surface area contributed by atoms with E-state index in [9.17, 15) is 8.42 Å². The molecular weight excluding hydrogens is 268 g/mol. The summed E-state index contributed by atoms with van der Waals surface area (Å²) in [5.74, 6) is 0.626. The van der Waals surface area contributed by atoms with Gasteiger partial charge in [0.2, 0.25) is 10.0 Å². The molecule has 2 rings (SSSR count). The van der Waals surface area contributed by atoms with Crippen molar-refractivity contribution < 1.29 is 12.9 Å². The highest BCUT2D eigenvalue weighted by Crippen LogP contribution is 2.23. The van der Waals surface area contributed by atoms with Crippen LogP contribution < -0.4 is 15.8 Å². The molecule has 1 heterocycles. The molecule has 4 N–H and O–H groups in total. The van der Waals surface area contributed by atoms with Gasteiger partial charge in [0.15, 0.2) is 5.76 Å². The molecular formula is C11H14N4O3S. The highest BCUT2D eigenvalue weighted by molar-refractivity contribution is 7.89. The maximum absolute atomic E-state index is 11.7. The second kappa shape index (κ2) is 5.29. The summed E-state index contributed by atoms with van der Waals surface area (Å²) in [6.45, 7) is 0.368. The molecule has 0 aliphatic rings. The van der Waals surface area contributed by atoms with E-state index in [1.165, 1.54) is 31.4 Å². The van der Waals surface area contributed by atoms with Crippen LogP contribution in [0.2, 0.25) is 0 Å². The lowest BCUT2D eigenvalue weighted by Crippen LogP contribution is -2.18. The van der Waals surface area contributed by atoms with Gasteiger partial charge < -0.3 is 15.6 Å². The van der Waals surface area contributed by atoms with Gasteiger partial charge in [-0.25, -0.2) is 13.1 Å². The van der Waals surface area contributed by atoms with E-state index in [0.717, 1.165) is 0 Å². The van der Waals surface area contributed by atoms with Crippen LogP contribution in [0.25, 0.3) is 0 Å². The third-order valence-electron chi connectivity index (χ3n) is 2.55. The first-order chi connectivity index (χ1) is 9.03. The zero-order chi connectivity index (χ0) is 13.9. The number of rotatable bonds is 5. The van der Waals surface area contributed by atoms with Crippen molar-refractivity contribution in [1.29, 1.82) is 0 Å². The average Bonchev–Trinajstić information content (AvgIpc) is 2.90. The summed E-state index contributed by atoms with van der Waals surface area (Å²) in [6.07, 6.45) is 1.53. The number of nitrogens with zero attached hydrogens (tertiary/aromatic N) is 1. The molecule has 1 aromatic carbocycles. The van der Waals surface area contributed by atoms with Gasteiger partial charge in [-0.3, -0.25) is 0 Å². The molecule has 19 heavy (non-hydrogen) atoms. The molecule has 0 bridgehead atoms. The predicted molar refractivity (Wildman–Crippen MR) is 70.9 cm³/mol. The fraction of sp³-hybridized carbons (Fsp3) is 0.182. The van der Waals surface area contributed by atoms with Crippen molar-refractivity contribution in [3.8, 4) is 0 Å². The number of anilines is 2. The Morgan fingerprint density at radius 2 is 2.16 bits per heavy atom. The fourth-order valence-corrected chi connectivity index (χ4v) is 2.25. The number of benzene rings is 1. The minimum absolute atomic E-state index is 0.143. The Bertz CT molecular complexity index is 653. The van der Waals surface area contributed by atoms with Gasteiger partial charge in [-0.15, -0.1) is 0 Å². The highest BCUT2D eigenvalue weighted by Gasteiger charge is 2.13. The zero-order valence-electron chi connectivity index (χ0n) is 10.3. The first-order valence-electron chi connectivity index (χ1n) is 5.49. The second-order valence-corrected chi connectivity index (χ2v) is 5.68. The number of aromatic nitrogens is 1. The number of hydrogen-bond donors (Lipinski definition) is 3. The first kappa shape index (κ1) is 13.4. The average molecular weight is 282 g/mol. The van der Waals surface area contributed by atoms with Crippen LogP contribution in [0.1, 0.15) is 5.76 Å². The van der Waals surface area contributed by atoms with Crippen LogP contribution in [0.5, 0.6) is 0 Å². The monoisotopic (exact) mass is 282 g/mol. The Hall–Kier alpha value is -2.06. The zero-order valence-corrected chi connectivity index (χ0v) is 11.1. The third kappa shape index (κ3) is 3.04. The molecule has 1 aromatic heterocycles. The van der Waals surface area contributed by atoms with Crippen LogP contribution in [-0.2, 0) is 16.6 Å². The third-order valence-corrected chi connectivity index (χ3v) is 3.96. The summed E-state index contributed by atoms with van der Waals surface area (Å²) in [5, 5.41) is 6.58. The lowest BCUT2D eigenvalue weighted by Gasteiger charge is -2.10. The number of nitrogens with one attached hydrogen (secondary N) is 2. The van der Waals surface area contributed by atoms with Gasteiger partial charge in [-0.1, -0.05) is 5.16 Å². The Morgan fingerprint density at radius 1 is 1.37 bits per heavy atom. The van der Waals surface area contributed by atoms with Crippen LogP contribution >= 0.6 is 0 Å². The van der Waals surface area contributed by atoms with Crippen molar-refractivity contribution in [3.63, 3.8) is 0 Å². The molecule has 0 unspecified atom stereocenters. The number of nitrogen functional groups attached to an aromatic ring is 1. The summed E-state index contributed by atoms with van der Waals surface area (Å²) < 4.78 is 30.6. The van der Waals surface area contributed by atoms with Crippen molar-refractivity contribution in [3.05, 3.63) is 36.2 Å². The SMILES string of the molecule is CNS(=O)(=O)c1ccc(N)c(NCc2ccno2)c1. The van der Waals surface area contributed by atoms with Crippen molar-refractivity contribution in [2.45, 2.75) is 11.4 Å². The Morgan fingerprint density at radius 3 is 2.79 bits per heavy atom. The standard InChI is InChI=1S/C11H14N4O3S/c1-13-19(16,17)9-2-3-10(12)11(6-9)14-7-8-4-5-15-18-8/h2-6,13-14H,7,12H2,1H3. The summed E-state index contributed by atoms with van der Waals surface area (Å²) in [7, 11) is -2.14. The van der Waals surface area contributed by atoms with Crippen LogP contribution in [0.4, 0.5) is 11.4 Å². The largest absolute Gasteiger partial charge is 0.397 e. The fourth-order valence-electron chi connectivity index (χ4n) is 1.49. The summed E-state index contributed by atoms with van der Waals surface area (Å²) in [4.78, 5) is 0.143. The quantitative estimate of drug-likeness (QED) is 0.699. The van der Waals surface area contributed by atoms with E-state index in [1.54, 1.807) is 6.07 Å². The molecule has 7 nitrogen and oxygen atoms in total. The number of sulfonamides is 1. The molecule has 0 aliphatic heterocycles. The van der Waals surface area contributed by atoms with Crippen molar-refractivity contribution in [1.82, 2.24) is 9.88 Å². The molecule has 0 spiro atoms. The lowest BCUT2D eigenvalue weighted by molar-refractivity contribution is 0.388. The number of nitrogens with two attached hydrogens (primary N) is 1. The molecule has 2 aromatic rings. The predicted octanol–water partition coefficient (Wildman–Crippen LogP) is 0.777. The van der Waals surface area contributed by atoms with Crippen LogP contribution in [-0.4, -0.2) is 20.6 Å². The molecule has 0 amide bonds. The van der Waals surface area contributed by atoms with Gasteiger partial charge in [0.1, 0.15) is 0 Å². The van der Waals surface area contributed by atoms with Gasteiger partial charge in [-0.2, -0.15) is 0 Å². The minimum Gasteiger partial charge on any atom is -0.397 e. The van der Waals surface area contributed by atoms with Gasteiger partial charge in [0.25, 0.3) is 0 Å². The maximum atomic E-state index is 11.7. The molecule has 0 aliphatic carbocycles. The molecule has 0 saturated heterocycles. The van der Waals surface area contributed by atoms with E-state index in [2.05, 4.69) is 15.2 Å². The van der Waals surface area contributed by atoms with Crippen molar-refractivity contribution >= 4 is 21.4 Å². The van der Waals surface area contributed by atoms with E-state index in [1.807, 2.05) is 0 Å². The Labute approximate surface area is 110 Å². The van der Waals surface area contributed by atoms with Crippen molar-refractivity contribution in [2.75, 3.05) is 18.1 Å². The molecule has 8 heteroatoms. The highest BCUT2D eigenvalue weighted by atomic mass is 32.2. The molecule has 0 atom stereocenters. The van der Waals surface area contributed by atoms with Gasteiger partial charge >= 0.3 is 0 Å². The molecule has 0 saturated carbocycles. The van der Waals surface area contributed by atoms with Gasteiger partial charge in [0.05, 0.1) is 29.0 Å². The van der Waals surface area contributed by atoms with E-state index in [4.69, 9.17) is 10.3 Å². The van der Waals surface area contributed by atoms with E-state index < -0.39 is 10.0 Å². The topological polar surface area (TPSA) is 110 Å². The van der Waals surface area contributed by atoms with Gasteiger partial charge in [-0.05, 0) is 25.2 Å². The van der Waals surface area contributed by atoms with Gasteiger partial charge in [0, 0.05) is 6.07 Å². The first-order valence-corrected chi connectivity index (χ1v) is 6.98. The summed E-state index contributed by atoms with van der Waals surface area (Å²) in [6, 6.07) is 6.16. The second-order valence-electron chi connectivity index (χ2n) is 3.79. The summed E-state index contributed by atoms with van der Waals surface area (Å²) >= 11 is 0. The molecule has 0 radical (unpaired) electrons. The van der Waals surface area contributed by atoms with Crippen molar-refractivity contribution in [2.24, 2.45) is 0 Å².